The van der Waals surface area contributed by atoms with Crippen molar-refractivity contribution in [1.29, 1.82) is 0 Å². The van der Waals surface area contributed by atoms with Gasteiger partial charge in [-0.2, -0.15) is 0 Å². The molecule has 2 N–H and O–H groups in total. The van der Waals surface area contributed by atoms with Crippen LogP contribution in [0.25, 0.3) is 0 Å². The Morgan fingerprint density at radius 3 is 2.22 bits per heavy atom. The monoisotopic (exact) mass is 271 g/mol. The Balaban J connectivity index is 2.64. The average Bonchev–Trinajstić information content (AvgIpc) is 2.40. The fraction of sp³-hybridized carbons (Fsp3) is 0.857. The van der Waals surface area contributed by atoms with Crippen molar-refractivity contribution in [2.24, 2.45) is 5.73 Å². The molecule has 18 heavy (non-hydrogen) atoms. The molecular weight excluding hydrogens is 242 g/mol. The van der Waals surface area contributed by atoms with Gasteiger partial charge in [-0.15, -0.1) is 0 Å². The summed E-state index contributed by atoms with van der Waals surface area (Å²) in [5.74, 6) is 0. The van der Waals surface area contributed by atoms with E-state index in [1.165, 1.54) is 32.1 Å². The van der Waals surface area contributed by atoms with Crippen molar-refractivity contribution in [2.75, 3.05) is 19.8 Å². The second kappa shape index (κ2) is 9.73. The molecule has 0 aromatic carbocycles. The van der Waals surface area contributed by atoms with E-state index in [1.807, 2.05) is 0 Å². The number of nitrogens with two attached hydrogens (primary N) is 1. The predicted molar refractivity (Wildman–Crippen MR) is 79.0 cm³/mol. The van der Waals surface area contributed by atoms with Crippen LogP contribution in [0.15, 0.2) is 11.1 Å². The van der Waals surface area contributed by atoms with Crippen molar-refractivity contribution in [2.45, 2.75) is 58.4 Å². The van der Waals surface area contributed by atoms with Crippen LogP contribution in [0.3, 0.4) is 0 Å². The van der Waals surface area contributed by atoms with Crippen LogP contribution in [0.2, 0.25) is 6.04 Å². The minimum absolute atomic E-state index is 0.748. The molecule has 0 atom stereocenters. The molecule has 0 heterocycles. The summed E-state index contributed by atoms with van der Waals surface area (Å²) >= 11 is 0. The number of rotatable bonds is 8. The van der Waals surface area contributed by atoms with E-state index in [0.717, 1.165) is 32.2 Å². The van der Waals surface area contributed by atoms with Gasteiger partial charge in [0.1, 0.15) is 0 Å². The molecule has 1 aliphatic rings. The van der Waals surface area contributed by atoms with Gasteiger partial charge in [-0.05, 0) is 52.5 Å². The molecule has 1 rings (SSSR count). The summed E-state index contributed by atoms with van der Waals surface area (Å²) < 4.78 is 11.6. The first-order valence-corrected chi connectivity index (χ1v) is 9.20. The third-order valence-electron chi connectivity index (χ3n) is 3.52. The Kier molecular flexibility index (Phi) is 8.59. The molecule has 1 saturated carbocycles. The summed E-state index contributed by atoms with van der Waals surface area (Å²) in [6.07, 6.45) is 7.65. The van der Waals surface area contributed by atoms with Gasteiger partial charge in [-0.25, -0.2) is 0 Å². The highest BCUT2D eigenvalue weighted by molar-refractivity contribution is 6.45. The van der Waals surface area contributed by atoms with Gasteiger partial charge in [0, 0.05) is 19.3 Å². The molecule has 3 nitrogen and oxygen atoms in total. The van der Waals surface area contributed by atoms with Crippen molar-refractivity contribution in [3.63, 3.8) is 0 Å². The quantitative estimate of drug-likeness (QED) is 0.545. The Labute approximate surface area is 114 Å². The molecule has 4 heteroatoms. The van der Waals surface area contributed by atoms with Crippen LogP contribution in [-0.4, -0.2) is 29.0 Å². The molecule has 0 radical (unpaired) electrons. The fourth-order valence-corrected chi connectivity index (χ4v) is 4.64. The maximum Gasteiger partial charge on any atom is 0.325 e. The SMILES string of the molecule is CCO[SiH](CC(CCN)=C1CCCCC1)OCC. The van der Waals surface area contributed by atoms with E-state index in [0.29, 0.717) is 0 Å². The van der Waals surface area contributed by atoms with Crippen LogP contribution >= 0.6 is 0 Å². The van der Waals surface area contributed by atoms with Crippen LogP contribution in [0.1, 0.15) is 52.4 Å². The first-order valence-electron chi connectivity index (χ1n) is 7.44. The third kappa shape index (κ3) is 5.65. The summed E-state index contributed by atoms with van der Waals surface area (Å²) in [4.78, 5) is 0. The maximum absolute atomic E-state index is 5.79. The standard InChI is InChI=1S/C14H29NO2Si/c1-3-16-18(17-4-2)12-14(10-11-15)13-8-6-5-7-9-13/h18H,3-12,15H2,1-2H3. The molecule has 0 aliphatic heterocycles. The first-order chi connectivity index (χ1) is 8.81. The second-order valence-electron chi connectivity index (χ2n) is 4.85. The molecule has 0 aromatic heterocycles. The average molecular weight is 271 g/mol. The van der Waals surface area contributed by atoms with Crippen LogP contribution < -0.4 is 5.73 Å². The summed E-state index contributed by atoms with van der Waals surface area (Å²) in [7, 11) is -1.51. The van der Waals surface area contributed by atoms with E-state index >= 15 is 0 Å². The highest BCUT2D eigenvalue weighted by atomic mass is 28.3. The molecule has 0 amide bonds. The minimum Gasteiger partial charge on any atom is -0.397 e. The zero-order valence-electron chi connectivity index (χ0n) is 12.0. The van der Waals surface area contributed by atoms with E-state index in [4.69, 9.17) is 14.6 Å². The summed E-state index contributed by atoms with van der Waals surface area (Å²) in [5, 5.41) is 0. The predicted octanol–water partition coefficient (Wildman–Crippen LogP) is 2.89. The number of hydrogen-bond acceptors (Lipinski definition) is 3. The lowest BCUT2D eigenvalue weighted by Gasteiger charge is -2.22. The van der Waals surface area contributed by atoms with Crippen LogP contribution in [0.5, 0.6) is 0 Å². The Morgan fingerprint density at radius 1 is 1.11 bits per heavy atom. The van der Waals surface area contributed by atoms with Crippen LogP contribution in [0.4, 0.5) is 0 Å². The largest absolute Gasteiger partial charge is 0.397 e. The van der Waals surface area contributed by atoms with Crippen molar-refractivity contribution in [1.82, 2.24) is 0 Å². The molecule has 1 fully saturated rings. The topological polar surface area (TPSA) is 44.5 Å². The van der Waals surface area contributed by atoms with E-state index < -0.39 is 9.28 Å². The van der Waals surface area contributed by atoms with E-state index in [9.17, 15) is 0 Å². The van der Waals surface area contributed by atoms with Gasteiger partial charge in [0.15, 0.2) is 0 Å². The Hall–Kier alpha value is -0.163. The molecule has 0 bridgehead atoms. The Morgan fingerprint density at radius 2 is 1.72 bits per heavy atom. The van der Waals surface area contributed by atoms with E-state index in [2.05, 4.69) is 13.8 Å². The fourth-order valence-electron chi connectivity index (χ4n) is 2.67. The van der Waals surface area contributed by atoms with Gasteiger partial charge in [-0.3, -0.25) is 0 Å². The smallest absolute Gasteiger partial charge is 0.325 e. The molecular formula is C14H29NO2Si. The van der Waals surface area contributed by atoms with Crippen LogP contribution in [-0.2, 0) is 8.85 Å². The zero-order valence-corrected chi connectivity index (χ0v) is 13.2. The van der Waals surface area contributed by atoms with Crippen molar-refractivity contribution in [3.8, 4) is 0 Å². The Bertz CT molecular complexity index is 242. The van der Waals surface area contributed by atoms with Crippen molar-refractivity contribution >= 4 is 9.28 Å². The summed E-state index contributed by atoms with van der Waals surface area (Å²) in [6, 6.07) is 1.04. The third-order valence-corrected chi connectivity index (χ3v) is 5.76. The molecule has 0 unspecified atom stereocenters. The molecule has 1 aliphatic carbocycles. The van der Waals surface area contributed by atoms with Gasteiger partial charge in [0.25, 0.3) is 0 Å². The normalized spacial score (nSPS) is 16.3. The zero-order chi connectivity index (χ0) is 13.2. The number of hydrogen-bond donors (Lipinski definition) is 1. The van der Waals surface area contributed by atoms with Gasteiger partial charge in [0.2, 0.25) is 0 Å². The minimum atomic E-state index is -1.51. The van der Waals surface area contributed by atoms with Gasteiger partial charge in [0.05, 0.1) is 0 Å². The highest BCUT2D eigenvalue weighted by Gasteiger charge is 2.18. The summed E-state index contributed by atoms with van der Waals surface area (Å²) in [6.45, 7) is 6.38. The van der Waals surface area contributed by atoms with Crippen LogP contribution in [0, 0.1) is 0 Å². The van der Waals surface area contributed by atoms with Gasteiger partial charge < -0.3 is 14.6 Å². The number of allylic oxidation sites excluding steroid dienone is 1. The molecule has 0 aromatic rings. The molecule has 0 spiro atoms. The molecule has 0 saturated heterocycles. The molecule has 106 valence electrons. The second-order valence-corrected chi connectivity index (χ2v) is 6.78. The summed E-state index contributed by atoms with van der Waals surface area (Å²) in [5.41, 5.74) is 8.97. The van der Waals surface area contributed by atoms with Gasteiger partial charge >= 0.3 is 9.28 Å². The first kappa shape index (κ1) is 15.9. The van der Waals surface area contributed by atoms with Gasteiger partial charge in [-0.1, -0.05) is 17.6 Å². The van der Waals surface area contributed by atoms with E-state index in [-0.39, 0.29) is 0 Å². The lowest BCUT2D eigenvalue weighted by Crippen LogP contribution is -2.24. The maximum atomic E-state index is 5.79. The van der Waals surface area contributed by atoms with E-state index in [1.54, 1.807) is 11.1 Å². The van der Waals surface area contributed by atoms with Crippen molar-refractivity contribution in [3.05, 3.63) is 11.1 Å². The van der Waals surface area contributed by atoms with Crippen molar-refractivity contribution < 1.29 is 8.85 Å². The lowest BCUT2D eigenvalue weighted by atomic mass is 9.90. The highest BCUT2D eigenvalue weighted by Crippen LogP contribution is 2.29. The lowest BCUT2D eigenvalue weighted by molar-refractivity contribution is 0.215.